The molecule has 0 radical (unpaired) electrons. The van der Waals surface area contributed by atoms with Crippen LogP contribution < -0.4 is 24.8 Å². The van der Waals surface area contributed by atoms with Gasteiger partial charge in [-0.3, -0.25) is 9.78 Å². The molecule has 0 saturated carbocycles. The topological polar surface area (TPSA) is 163 Å². The van der Waals surface area contributed by atoms with Gasteiger partial charge in [-0.2, -0.15) is 39.5 Å². The van der Waals surface area contributed by atoms with Crippen molar-refractivity contribution in [3.63, 3.8) is 0 Å². The quantitative estimate of drug-likeness (QED) is 0.119. The summed E-state index contributed by atoms with van der Waals surface area (Å²) in [4.78, 5) is 57.6. The van der Waals surface area contributed by atoms with Crippen LogP contribution >= 0.6 is 0 Å². The van der Waals surface area contributed by atoms with Gasteiger partial charge in [0.1, 0.15) is 11.6 Å². The Morgan fingerprint density at radius 3 is 1.88 bits per heavy atom. The molecule has 0 bridgehead atoms. The normalized spacial score (nSPS) is 12.9. The van der Waals surface area contributed by atoms with Crippen molar-refractivity contribution >= 4 is 41.1 Å². The Morgan fingerprint density at radius 2 is 1.35 bits per heavy atom. The van der Waals surface area contributed by atoms with E-state index in [1.807, 2.05) is 5.32 Å². The van der Waals surface area contributed by atoms with Gasteiger partial charge in [0.25, 0.3) is 5.91 Å². The van der Waals surface area contributed by atoms with Gasteiger partial charge >= 0.3 is 36.4 Å². The molecule has 1 unspecified atom stereocenters. The fraction of sp³-hybridized carbons (Fsp3) is 0.300. The molecule has 1 amide bonds. The molecule has 2 N–H and O–H groups in total. The van der Waals surface area contributed by atoms with Crippen molar-refractivity contribution in [2.75, 3.05) is 10.6 Å². The third-order valence-electron chi connectivity index (χ3n) is 6.54. The van der Waals surface area contributed by atoms with E-state index in [0.717, 1.165) is 31.5 Å². The monoisotopic (exact) mass is 750 g/mol. The molecule has 3 heterocycles. The lowest BCUT2D eigenvalue weighted by molar-refractivity contribution is -0.192. The van der Waals surface area contributed by atoms with Crippen molar-refractivity contribution in [2.24, 2.45) is 0 Å². The van der Waals surface area contributed by atoms with E-state index in [9.17, 15) is 58.7 Å². The molecule has 0 fully saturated rings. The summed E-state index contributed by atoms with van der Waals surface area (Å²) in [5, 5.41) is 9.32. The number of fused-ring (bicyclic) bond motifs is 1. The number of rotatable bonds is 8. The Balaban J connectivity index is 1.87. The zero-order chi connectivity index (χ0) is 39.0. The number of amides is 1. The number of benzene rings is 1. The minimum Gasteiger partial charge on any atom is -0.419 e. The predicted molar refractivity (Wildman–Crippen MR) is 157 cm³/mol. The molecule has 22 heteroatoms. The fourth-order valence-electron chi connectivity index (χ4n) is 4.36. The van der Waals surface area contributed by atoms with Crippen molar-refractivity contribution in [2.45, 2.75) is 57.7 Å². The number of halogens is 9. The smallest absolute Gasteiger partial charge is 0.419 e. The van der Waals surface area contributed by atoms with E-state index in [-0.39, 0.29) is 23.6 Å². The molecule has 0 aliphatic heterocycles. The highest BCUT2D eigenvalue weighted by Gasteiger charge is 2.48. The zero-order valence-electron chi connectivity index (χ0n) is 26.7. The van der Waals surface area contributed by atoms with Crippen LogP contribution in [0.15, 0.2) is 48.8 Å². The van der Waals surface area contributed by atoms with Crippen LogP contribution in [0.1, 0.15) is 55.4 Å². The molecule has 1 aromatic carbocycles. The number of anilines is 2. The van der Waals surface area contributed by atoms with E-state index < -0.39 is 82.0 Å². The maximum absolute atomic E-state index is 13.5. The number of nitrogens with zero attached hydrogens (tertiary/aromatic N) is 4. The Morgan fingerprint density at radius 1 is 0.769 bits per heavy atom. The molecule has 3 aromatic heterocycles. The molecule has 13 nitrogen and oxygen atoms in total. The molecule has 0 aliphatic rings. The molecule has 52 heavy (non-hydrogen) atoms. The summed E-state index contributed by atoms with van der Waals surface area (Å²) >= 11 is 0. The highest BCUT2D eigenvalue weighted by Crippen LogP contribution is 2.48. The highest BCUT2D eigenvalue weighted by atomic mass is 19.4. The van der Waals surface area contributed by atoms with Crippen LogP contribution in [0, 0.1) is 0 Å². The third-order valence-corrected chi connectivity index (χ3v) is 6.54. The Bertz CT molecular complexity index is 2020. The summed E-state index contributed by atoms with van der Waals surface area (Å²) in [5.74, 6) is -16.2. The second-order valence-corrected chi connectivity index (χ2v) is 11.6. The summed E-state index contributed by atoms with van der Waals surface area (Å²) < 4.78 is 134. The Kier molecular flexibility index (Phi) is 10.4. The molecular formula is C30H23F9N6O7. The first-order valence-electron chi connectivity index (χ1n) is 14.3. The number of hydrogen-bond acceptors (Lipinski definition) is 11. The van der Waals surface area contributed by atoms with Crippen LogP contribution in [-0.4, -0.2) is 61.9 Å². The third kappa shape index (κ3) is 9.03. The molecule has 278 valence electrons. The van der Waals surface area contributed by atoms with Crippen LogP contribution in [0.2, 0.25) is 0 Å². The highest BCUT2D eigenvalue weighted by molar-refractivity contribution is 6.08. The Labute approximate surface area is 285 Å². The van der Waals surface area contributed by atoms with Crippen LogP contribution in [0.3, 0.4) is 0 Å². The summed E-state index contributed by atoms with van der Waals surface area (Å²) in [6, 6.07) is 7.88. The van der Waals surface area contributed by atoms with Crippen LogP contribution in [-0.2, 0) is 19.8 Å². The number of ether oxygens (including phenoxy) is 3. The predicted octanol–water partition coefficient (Wildman–Crippen LogP) is 6.25. The lowest BCUT2D eigenvalue weighted by Gasteiger charge is -2.28. The van der Waals surface area contributed by atoms with Crippen molar-refractivity contribution in [1.82, 2.24) is 19.6 Å². The van der Waals surface area contributed by atoms with Gasteiger partial charge in [0, 0.05) is 11.8 Å². The molecule has 0 spiro atoms. The van der Waals surface area contributed by atoms with Gasteiger partial charge in [0.15, 0.2) is 23.0 Å². The van der Waals surface area contributed by atoms with Crippen LogP contribution in [0.4, 0.5) is 51.1 Å². The maximum atomic E-state index is 13.5. The van der Waals surface area contributed by atoms with Gasteiger partial charge in [-0.05, 0) is 42.7 Å². The lowest BCUT2D eigenvalue weighted by Crippen LogP contribution is -2.33. The molecule has 0 aliphatic carbocycles. The average Bonchev–Trinajstić information content (AvgIpc) is 3.41. The number of esters is 3. The largest absolute Gasteiger partial charge is 0.491 e. The molecule has 0 saturated heterocycles. The van der Waals surface area contributed by atoms with E-state index in [0.29, 0.717) is 5.69 Å². The van der Waals surface area contributed by atoms with E-state index in [2.05, 4.69) is 34.6 Å². The van der Waals surface area contributed by atoms with Gasteiger partial charge in [-0.25, -0.2) is 23.9 Å². The molecule has 1 atom stereocenters. The van der Waals surface area contributed by atoms with Gasteiger partial charge in [0.05, 0.1) is 23.5 Å². The number of pyridine rings is 1. The van der Waals surface area contributed by atoms with Crippen LogP contribution in [0.25, 0.3) is 5.65 Å². The molecule has 4 aromatic rings. The lowest BCUT2D eigenvalue weighted by atomic mass is 9.84. The number of carbonyl (C=O) groups excluding carboxylic acids is 4. The van der Waals surface area contributed by atoms with Crippen molar-refractivity contribution < 1.29 is 72.9 Å². The van der Waals surface area contributed by atoms with Gasteiger partial charge in [-0.1, -0.05) is 26.8 Å². The first-order chi connectivity index (χ1) is 23.9. The zero-order valence-corrected chi connectivity index (χ0v) is 26.7. The average molecular weight is 751 g/mol. The van der Waals surface area contributed by atoms with E-state index in [1.54, 1.807) is 31.3 Å². The summed E-state index contributed by atoms with van der Waals surface area (Å²) in [6.07, 6.45) is -14.9. The minimum absolute atomic E-state index is 0.0396. The second-order valence-electron chi connectivity index (χ2n) is 11.6. The van der Waals surface area contributed by atoms with Crippen molar-refractivity contribution in [3.05, 3.63) is 65.6 Å². The molecular weight excluding hydrogens is 727 g/mol. The van der Waals surface area contributed by atoms with Crippen LogP contribution in [0.5, 0.6) is 17.2 Å². The number of alkyl halides is 9. The van der Waals surface area contributed by atoms with Crippen molar-refractivity contribution in [1.29, 1.82) is 0 Å². The maximum Gasteiger partial charge on any atom is 0.491 e. The van der Waals surface area contributed by atoms with Gasteiger partial charge in [-0.15, -0.1) is 5.10 Å². The summed E-state index contributed by atoms with van der Waals surface area (Å²) in [6.45, 7) is 4.88. The second kappa shape index (κ2) is 14.0. The van der Waals surface area contributed by atoms with Crippen molar-refractivity contribution in [3.8, 4) is 17.2 Å². The van der Waals surface area contributed by atoms with E-state index >= 15 is 0 Å². The number of hydrogen-bond donors (Lipinski definition) is 2. The minimum atomic E-state index is -5.89. The fourth-order valence-corrected chi connectivity index (χ4v) is 4.36. The number of carbonyl (C=O) groups is 4. The SMILES string of the molecule is CC(Nc1ccc2nc(NC(=O)c3cc(OC(=O)C(F)(F)F)c(C(C)(C)C)c(OC(=O)C(F)(F)F)c3OC(=O)C(F)(F)F)cn2n1)c1ccccn1. The summed E-state index contributed by atoms with van der Waals surface area (Å²) in [5.41, 5.74) is -3.75. The van der Waals surface area contributed by atoms with Gasteiger partial charge < -0.3 is 24.8 Å². The van der Waals surface area contributed by atoms with E-state index in [4.69, 9.17) is 0 Å². The first kappa shape index (κ1) is 38.8. The number of imidazole rings is 1. The summed E-state index contributed by atoms with van der Waals surface area (Å²) in [7, 11) is 0. The number of aromatic nitrogens is 4. The van der Waals surface area contributed by atoms with E-state index in [1.165, 1.54) is 12.1 Å². The standard InChI is InChI=1S/C30H23F9N6O7/c1-13(15-7-5-6-10-40-15)41-17-8-9-19-42-18(12-45(19)44-17)43-23(46)14-11-16(50-24(47)28(31,32)33)20(27(2,3)4)22(52-26(49)30(37,38)39)21(14)51-25(48)29(34,35)36/h5-13H,1-4H3,(H,41,44)(H,43,46). The first-order valence-corrected chi connectivity index (χ1v) is 14.3. The Hall–Kier alpha value is -5.96. The van der Waals surface area contributed by atoms with Gasteiger partial charge in [0.2, 0.25) is 0 Å². The molecule has 4 rings (SSSR count). The number of nitrogens with one attached hydrogen (secondary N) is 2.